The van der Waals surface area contributed by atoms with E-state index < -0.39 is 0 Å². The number of benzene rings is 3. The summed E-state index contributed by atoms with van der Waals surface area (Å²) in [5, 5.41) is 12.3. The molecule has 0 aliphatic heterocycles. The smallest absolute Gasteiger partial charge is 0.255 e. The van der Waals surface area contributed by atoms with Gasteiger partial charge in [0, 0.05) is 30.0 Å². The molecule has 1 N–H and O–H groups in total. The lowest BCUT2D eigenvalue weighted by molar-refractivity contribution is 0.102. The van der Waals surface area contributed by atoms with Crippen molar-refractivity contribution in [3.8, 4) is 5.69 Å². The second-order valence-electron chi connectivity index (χ2n) is 7.84. The minimum Gasteiger partial charge on any atom is -0.372 e. The summed E-state index contributed by atoms with van der Waals surface area (Å²) in [4.78, 5) is 16.6. The van der Waals surface area contributed by atoms with Crippen LogP contribution in [0, 0.1) is 6.92 Å². The molecule has 1 amide bonds. The molecule has 1 heterocycles. The number of nitrogens with zero attached hydrogens (tertiary/aromatic N) is 4. The van der Waals surface area contributed by atoms with Crippen molar-refractivity contribution < 1.29 is 4.79 Å². The van der Waals surface area contributed by atoms with E-state index in [2.05, 4.69) is 53.3 Å². The van der Waals surface area contributed by atoms with Gasteiger partial charge >= 0.3 is 0 Å². The van der Waals surface area contributed by atoms with Gasteiger partial charge in [0.1, 0.15) is 11.0 Å². The number of hydrogen-bond acceptors (Lipinski definition) is 4. The monoisotopic (exact) mass is 427 g/mol. The first-order valence-corrected chi connectivity index (χ1v) is 11.2. The minimum absolute atomic E-state index is 0.130. The summed E-state index contributed by atoms with van der Waals surface area (Å²) in [7, 11) is 0. The summed E-state index contributed by atoms with van der Waals surface area (Å²) in [5.74, 6) is -0.130. The van der Waals surface area contributed by atoms with Gasteiger partial charge in [-0.1, -0.05) is 19.1 Å². The molecule has 0 radical (unpaired) electrons. The quantitative estimate of drug-likeness (QED) is 0.429. The van der Waals surface area contributed by atoms with Crippen LogP contribution in [-0.4, -0.2) is 34.0 Å². The van der Waals surface area contributed by atoms with Crippen LogP contribution in [0.1, 0.15) is 42.3 Å². The Morgan fingerprint density at radius 1 is 0.906 bits per heavy atom. The van der Waals surface area contributed by atoms with Gasteiger partial charge in [-0.3, -0.25) is 4.79 Å². The Bertz CT molecular complexity index is 1220. The number of hydrogen-bond donors (Lipinski definition) is 1. The standard InChI is InChI=1S/C26H29N5O/c1-5-19-8-10-20(11-9-19)26(32)27-23-17-25-24(16-18(23)4)28-31(29-25)22-14-12-21(13-15-22)30(6-2)7-3/h8-17H,5-7H2,1-4H3,(H,27,32). The van der Waals surface area contributed by atoms with Gasteiger partial charge in [-0.25, -0.2) is 0 Å². The number of rotatable bonds is 7. The number of anilines is 2. The molecule has 3 aromatic carbocycles. The van der Waals surface area contributed by atoms with E-state index in [0.29, 0.717) is 5.56 Å². The minimum atomic E-state index is -0.130. The Balaban J connectivity index is 1.58. The van der Waals surface area contributed by atoms with Gasteiger partial charge in [-0.2, -0.15) is 4.80 Å². The van der Waals surface area contributed by atoms with Gasteiger partial charge in [0.15, 0.2) is 0 Å². The molecule has 0 saturated heterocycles. The highest BCUT2D eigenvalue weighted by Gasteiger charge is 2.12. The fourth-order valence-electron chi connectivity index (χ4n) is 3.79. The first-order chi connectivity index (χ1) is 15.5. The first kappa shape index (κ1) is 21.6. The number of aromatic nitrogens is 3. The Labute approximate surface area is 188 Å². The van der Waals surface area contributed by atoms with E-state index >= 15 is 0 Å². The number of carbonyl (C=O) groups excluding carboxylic acids is 1. The summed E-state index contributed by atoms with van der Waals surface area (Å²) in [6.45, 7) is 10.3. The molecular formula is C26H29N5O. The topological polar surface area (TPSA) is 63.1 Å². The molecular weight excluding hydrogens is 398 g/mol. The predicted molar refractivity (Wildman–Crippen MR) is 131 cm³/mol. The third-order valence-corrected chi connectivity index (χ3v) is 5.81. The molecule has 6 heteroatoms. The van der Waals surface area contributed by atoms with Gasteiger partial charge in [0.2, 0.25) is 0 Å². The lowest BCUT2D eigenvalue weighted by atomic mass is 10.1. The molecule has 0 unspecified atom stereocenters. The normalized spacial score (nSPS) is 11.0. The highest BCUT2D eigenvalue weighted by molar-refractivity contribution is 6.05. The van der Waals surface area contributed by atoms with E-state index in [-0.39, 0.29) is 5.91 Å². The van der Waals surface area contributed by atoms with Crippen LogP contribution in [-0.2, 0) is 6.42 Å². The number of nitrogens with one attached hydrogen (secondary N) is 1. The number of fused-ring (bicyclic) bond motifs is 1. The number of carbonyl (C=O) groups is 1. The summed E-state index contributed by atoms with van der Waals surface area (Å²) < 4.78 is 0. The van der Waals surface area contributed by atoms with E-state index in [1.165, 1.54) is 11.3 Å². The third kappa shape index (κ3) is 4.35. The molecule has 0 aliphatic rings. The van der Waals surface area contributed by atoms with Crippen molar-refractivity contribution in [2.45, 2.75) is 34.1 Å². The maximum absolute atomic E-state index is 12.7. The maximum atomic E-state index is 12.7. The van der Waals surface area contributed by atoms with E-state index in [0.717, 1.165) is 47.5 Å². The summed E-state index contributed by atoms with van der Waals surface area (Å²) in [6.07, 6.45) is 0.950. The molecule has 0 atom stereocenters. The third-order valence-electron chi connectivity index (χ3n) is 5.81. The Kier molecular flexibility index (Phi) is 6.21. The summed E-state index contributed by atoms with van der Waals surface area (Å²) in [5.41, 5.74) is 7.14. The largest absolute Gasteiger partial charge is 0.372 e. The predicted octanol–water partition coefficient (Wildman–Crippen LogP) is 5.39. The molecule has 0 bridgehead atoms. The fraction of sp³-hybridized carbons (Fsp3) is 0.269. The van der Waals surface area contributed by atoms with Gasteiger partial charge in [-0.15, -0.1) is 10.2 Å². The van der Waals surface area contributed by atoms with Gasteiger partial charge in [0.25, 0.3) is 5.91 Å². The average Bonchev–Trinajstić information content (AvgIpc) is 3.23. The van der Waals surface area contributed by atoms with Crippen molar-refractivity contribution in [1.82, 2.24) is 15.0 Å². The average molecular weight is 428 g/mol. The van der Waals surface area contributed by atoms with E-state index in [4.69, 9.17) is 0 Å². The number of aryl methyl sites for hydroxylation is 2. The number of amides is 1. The van der Waals surface area contributed by atoms with Gasteiger partial charge in [0.05, 0.1) is 5.69 Å². The summed E-state index contributed by atoms with van der Waals surface area (Å²) >= 11 is 0. The van der Waals surface area contributed by atoms with E-state index in [9.17, 15) is 4.79 Å². The Morgan fingerprint density at radius 3 is 2.12 bits per heavy atom. The molecule has 4 rings (SSSR count). The van der Waals surface area contributed by atoms with Gasteiger partial charge in [-0.05, 0) is 86.8 Å². The molecule has 0 fully saturated rings. The Morgan fingerprint density at radius 2 is 1.53 bits per heavy atom. The molecule has 0 spiro atoms. The second kappa shape index (κ2) is 9.22. The second-order valence-corrected chi connectivity index (χ2v) is 7.84. The fourth-order valence-corrected chi connectivity index (χ4v) is 3.79. The van der Waals surface area contributed by atoms with E-state index in [1.807, 2.05) is 55.5 Å². The molecule has 4 aromatic rings. The van der Waals surface area contributed by atoms with Crippen molar-refractivity contribution in [3.05, 3.63) is 77.4 Å². The van der Waals surface area contributed by atoms with Crippen LogP contribution in [0.3, 0.4) is 0 Å². The Hall–Kier alpha value is -3.67. The molecule has 1 aromatic heterocycles. The lowest BCUT2D eigenvalue weighted by Crippen LogP contribution is -2.21. The summed E-state index contributed by atoms with van der Waals surface area (Å²) in [6, 6.07) is 19.8. The van der Waals surface area contributed by atoms with Crippen molar-refractivity contribution in [2.75, 3.05) is 23.3 Å². The molecule has 32 heavy (non-hydrogen) atoms. The zero-order chi connectivity index (χ0) is 22.7. The highest BCUT2D eigenvalue weighted by Crippen LogP contribution is 2.24. The van der Waals surface area contributed by atoms with Crippen molar-refractivity contribution >= 4 is 28.3 Å². The first-order valence-electron chi connectivity index (χ1n) is 11.2. The van der Waals surface area contributed by atoms with Crippen LogP contribution in [0.2, 0.25) is 0 Å². The van der Waals surface area contributed by atoms with Crippen molar-refractivity contribution in [1.29, 1.82) is 0 Å². The van der Waals surface area contributed by atoms with Crippen LogP contribution in [0.25, 0.3) is 16.7 Å². The van der Waals surface area contributed by atoms with E-state index in [1.54, 1.807) is 4.80 Å². The molecule has 164 valence electrons. The zero-order valence-electron chi connectivity index (χ0n) is 19.1. The maximum Gasteiger partial charge on any atom is 0.255 e. The van der Waals surface area contributed by atoms with Crippen LogP contribution < -0.4 is 10.2 Å². The molecule has 0 saturated carbocycles. The lowest BCUT2D eigenvalue weighted by Gasteiger charge is -2.20. The van der Waals surface area contributed by atoms with Crippen LogP contribution in [0.15, 0.2) is 60.7 Å². The van der Waals surface area contributed by atoms with Crippen LogP contribution in [0.4, 0.5) is 11.4 Å². The van der Waals surface area contributed by atoms with Crippen molar-refractivity contribution in [2.24, 2.45) is 0 Å². The molecule has 0 aliphatic carbocycles. The molecule has 6 nitrogen and oxygen atoms in total. The van der Waals surface area contributed by atoms with Crippen molar-refractivity contribution in [3.63, 3.8) is 0 Å². The zero-order valence-corrected chi connectivity index (χ0v) is 19.1. The SMILES string of the molecule is CCc1ccc(C(=O)Nc2cc3nn(-c4ccc(N(CC)CC)cc4)nc3cc2C)cc1. The van der Waals surface area contributed by atoms with Crippen LogP contribution >= 0.6 is 0 Å². The highest BCUT2D eigenvalue weighted by atomic mass is 16.1. The van der Waals surface area contributed by atoms with Gasteiger partial charge < -0.3 is 10.2 Å². The van der Waals surface area contributed by atoms with Crippen LogP contribution in [0.5, 0.6) is 0 Å².